The van der Waals surface area contributed by atoms with Gasteiger partial charge in [-0.25, -0.2) is 4.79 Å². The molecule has 1 amide bonds. The minimum Gasteiger partial charge on any atom is -0.475 e. The van der Waals surface area contributed by atoms with Gasteiger partial charge in [-0.1, -0.05) is 0 Å². The molecule has 1 aliphatic carbocycles. The number of nitrogens with zero attached hydrogens (tertiary/aromatic N) is 2. The van der Waals surface area contributed by atoms with Crippen molar-refractivity contribution in [3.63, 3.8) is 0 Å². The highest BCUT2D eigenvalue weighted by Gasteiger charge is 2.39. The molecule has 2 saturated heterocycles. The first-order chi connectivity index (χ1) is 13.2. The molecule has 2 atom stereocenters. The second kappa shape index (κ2) is 8.52. The summed E-state index contributed by atoms with van der Waals surface area (Å²) in [7, 11) is 0. The number of carboxylic acids is 1. The van der Waals surface area contributed by atoms with Gasteiger partial charge in [-0.3, -0.25) is 9.69 Å². The molecule has 1 saturated carbocycles. The van der Waals surface area contributed by atoms with Crippen molar-refractivity contribution in [2.24, 2.45) is 5.92 Å². The Labute approximate surface area is 160 Å². The quantitative estimate of drug-likeness (QED) is 0.829. The average molecular weight is 404 g/mol. The first-order valence-corrected chi connectivity index (χ1v) is 9.22. The van der Waals surface area contributed by atoms with Crippen LogP contribution in [0, 0.1) is 5.92 Å². The highest BCUT2D eigenvalue weighted by atomic mass is 19.4. The number of furan rings is 1. The lowest BCUT2D eigenvalue weighted by molar-refractivity contribution is -0.192. The zero-order valence-corrected chi connectivity index (χ0v) is 15.2. The Balaban J connectivity index is 0.000000279. The van der Waals surface area contributed by atoms with Gasteiger partial charge in [0.2, 0.25) is 0 Å². The van der Waals surface area contributed by atoms with E-state index >= 15 is 0 Å². The number of halogens is 3. The third-order valence-corrected chi connectivity index (χ3v) is 5.10. The van der Waals surface area contributed by atoms with Crippen LogP contribution in [0.4, 0.5) is 13.2 Å². The predicted octanol–water partition coefficient (Wildman–Crippen LogP) is 2.24. The first kappa shape index (κ1) is 20.7. The normalized spacial score (nSPS) is 25.0. The van der Waals surface area contributed by atoms with Crippen molar-refractivity contribution in [2.45, 2.75) is 37.6 Å². The van der Waals surface area contributed by atoms with Crippen LogP contribution in [0.5, 0.6) is 0 Å². The van der Waals surface area contributed by atoms with Crippen molar-refractivity contribution >= 4 is 11.9 Å². The summed E-state index contributed by atoms with van der Waals surface area (Å²) in [5, 5.41) is 7.12. The summed E-state index contributed by atoms with van der Waals surface area (Å²) in [6, 6.07) is 3.95. The van der Waals surface area contributed by atoms with E-state index in [1.54, 1.807) is 18.4 Å². The number of alkyl halides is 3. The van der Waals surface area contributed by atoms with E-state index in [-0.39, 0.29) is 5.91 Å². The molecule has 0 spiro atoms. The van der Waals surface area contributed by atoms with E-state index in [1.165, 1.54) is 12.8 Å². The lowest BCUT2D eigenvalue weighted by atomic mass is 10.1. The second-order valence-electron chi connectivity index (χ2n) is 7.31. The third kappa shape index (κ3) is 5.48. The molecule has 3 heterocycles. The number of fused-ring (bicyclic) bond motifs is 1. The van der Waals surface area contributed by atoms with E-state index in [2.05, 4.69) is 4.90 Å². The Bertz CT molecular complexity index is 675. The predicted molar refractivity (Wildman–Crippen MR) is 90.7 cm³/mol. The van der Waals surface area contributed by atoms with Gasteiger partial charge in [0.1, 0.15) is 0 Å². The third-order valence-electron chi connectivity index (χ3n) is 5.10. The Morgan fingerprint density at radius 3 is 2.54 bits per heavy atom. The van der Waals surface area contributed by atoms with Crippen LogP contribution in [0.3, 0.4) is 0 Å². The van der Waals surface area contributed by atoms with Crippen LogP contribution in [0.25, 0.3) is 0 Å². The maximum Gasteiger partial charge on any atom is 0.490 e. The summed E-state index contributed by atoms with van der Waals surface area (Å²) in [5.41, 5.74) is 0. The fraction of sp³-hybridized carbons (Fsp3) is 0.667. The van der Waals surface area contributed by atoms with Crippen molar-refractivity contribution in [2.75, 3.05) is 32.8 Å². The first-order valence-electron chi connectivity index (χ1n) is 9.22. The van der Waals surface area contributed by atoms with Crippen LogP contribution < -0.4 is 0 Å². The van der Waals surface area contributed by atoms with Crippen molar-refractivity contribution in [1.29, 1.82) is 0 Å². The number of hydrogen-bond acceptors (Lipinski definition) is 5. The van der Waals surface area contributed by atoms with Gasteiger partial charge in [-0.2, -0.15) is 13.2 Å². The summed E-state index contributed by atoms with van der Waals surface area (Å²) in [6.07, 6.45) is 0.556. The number of rotatable bonds is 4. The molecular formula is C18H23F3N2O5. The Morgan fingerprint density at radius 1 is 1.25 bits per heavy atom. The number of piperazine rings is 1. The molecule has 7 nitrogen and oxygen atoms in total. The van der Waals surface area contributed by atoms with Crippen molar-refractivity contribution < 1.29 is 37.0 Å². The lowest BCUT2D eigenvalue weighted by Crippen LogP contribution is -2.52. The van der Waals surface area contributed by atoms with Gasteiger partial charge in [-0.15, -0.1) is 0 Å². The van der Waals surface area contributed by atoms with Gasteiger partial charge in [0.05, 0.1) is 12.4 Å². The lowest BCUT2D eigenvalue weighted by Gasteiger charge is -2.36. The van der Waals surface area contributed by atoms with E-state index in [0.717, 1.165) is 45.1 Å². The Kier molecular flexibility index (Phi) is 6.29. The molecule has 10 heteroatoms. The molecule has 0 bridgehead atoms. The van der Waals surface area contributed by atoms with Crippen LogP contribution in [-0.2, 0) is 9.53 Å². The van der Waals surface area contributed by atoms with Crippen LogP contribution in [-0.4, -0.2) is 77.9 Å². The molecular weight excluding hydrogens is 381 g/mol. The van der Waals surface area contributed by atoms with E-state index in [9.17, 15) is 18.0 Å². The maximum absolute atomic E-state index is 12.3. The summed E-state index contributed by atoms with van der Waals surface area (Å²) in [6.45, 7) is 4.48. The number of aliphatic carboxylic acids is 1. The van der Waals surface area contributed by atoms with Crippen molar-refractivity contribution in [1.82, 2.24) is 9.80 Å². The van der Waals surface area contributed by atoms with E-state index in [0.29, 0.717) is 17.9 Å². The Hall–Kier alpha value is -2.07. The largest absolute Gasteiger partial charge is 0.490 e. The van der Waals surface area contributed by atoms with Gasteiger partial charge in [0.15, 0.2) is 5.76 Å². The molecule has 1 N–H and O–H groups in total. The summed E-state index contributed by atoms with van der Waals surface area (Å²) in [5.74, 6) is -1.47. The van der Waals surface area contributed by atoms with Crippen LogP contribution >= 0.6 is 0 Å². The van der Waals surface area contributed by atoms with Gasteiger partial charge in [0, 0.05) is 38.8 Å². The fourth-order valence-electron chi connectivity index (χ4n) is 3.41. The number of amides is 1. The standard InChI is InChI=1S/C16H22N2O3.C2HF3O2/c19-16(15-2-1-7-20-15)18-6-5-17-10-14(8-13(17)9-18)21-11-12-3-4-12;3-2(4,5)1(6)7/h1-2,7,12-14H,3-6,8-11H2;(H,6,7). The molecule has 0 radical (unpaired) electrons. The highest BCUT2D eigenvalue weighted by Crippen LogP contribution is 2.31. The molecule has 4 rings (SSSR count). The monoisotopic (exact) mass is 404 g/mol. The number of carboxylic acid groups (broad SMARTS) is 1. The molecule has 156 valence electrons. The molecule has 3 fully saturated rings. The summed E-state index contributed by atoms with van der Waals surface area (Å²) in [4.78, 5) is 25.6. The number of carbonyl (C=O) groups excluding carboxylic acids is 1. The van der Waals surface area contributed by atoms with Crippen LogP contribution in [0.1, 0.15) is 29.8 Å². The SMILES string of the molecule is O=C(O)C(F)(F)F.O=C(c1ccco1)N1CCN2CC(OCC3CC3)CC2C1. The summed E-state index contributed by atoms with van der Waals surface area (Å²) >= 11 is 0. The second-order valence-corrected chi connectivity index (χ2v) is 7.31. The molecule has 0 aromatic carbocycles. The fourth-order valence-corrected chi connectivity index (χ4v) is 3.41. The number of hydrogen-bond donors (Lipinski definition) is 1. The smallest absolute Gasteiger partial charge is 0.475 e. The average Bonchev–Trinajstić information content (AvgIpc) is 3.15. The highest BCUT2D eigenvalue weighted by molar-refractivity contribution is 5.91. The van der Waals surface area contributed by atoms with Crippen LogP contribution in [0.2, 0.25) is 0 Å². The number of carbonyl (C=O) groups is 2. The van der Waals surface area contributed by atoms with Gasteiger partial charge < -0.3 is 19.2 Å². The van der Waals surface area contributed by atoms with Crippen LogP contribution in [0.15, 0.2) is 22.8 Å². The van der Waals surface area contributed by atoms with Gasteiger partial charge in [0.25, 0.3) is 5.91 Å². The van der Waals surface area contributed by atoms with E-state index in [4.69, 9.17) is 19.1 Å². The molecule has 1 aromatic heterocycles. The molecule has 28 heavy (non-hydrogen) atoms. The van der Waals surface area contributed by atoms with Crippen molar-refractivity contribution in [3.8, 4) is 0 Å². The minimum absolute atomic E-state index is 0.0157. The molecule has 2 unspecified atom stereocenters. The van der Waals surface area contributed by atoms with Crippen molar-refractivity contribution in [3.05, 3.63) is 24.2 Å². The summed E-state index contributed by atoms with van der Waals surface area (Å²) < 4.78 is 43.0. The molecule has 3 aliphatic rings. The van der Waals surface area contributed by atoms with E-state index < -0.39 is 12.1 Å². The van der Waals surface area contributed by atoms with E-state index in [1.807, 2.05) is 4.90 Å². The van der Waals surface area contributed by atoms with Gasteiger partial charge >= 0.3 is 12.1 Å². The zero-order valence-electron chi connectivity index (χ0n) is 15.2. The number of ether oxygens (including phenoxy) is 1. The van der Waals surface area contributed by atoms with Gasteiger partial charge in [-0.05, 0) is 37.3 Å². The topological polar surface area (TPSA) is 83.2 Å². The molecule has 2 aliphatic heterocycles. The Morgan fingerprint density at radius 2 is 1.96 bits per heavy atom. The maximum atomic E-state index is 12.3. The zero-order chi connectivity index (χ0) is 20.3. The minimum atomic E-state index is -5.08. The molecule has 1 aromatic rings.